The lowest BCUT2D eigenvalue weighted by atomic mass is 10.0. The van der Waals surface area contributed by atoms with Crippen LogP contribution in [0.1, 0.15) is 26.2 Å². The molecule has 1 saturated heterocycles. The number of nitrogens with zero attached hydrogens (tertiary/aromatic N) is 1. The zero-order valence-corrected chi connectivity index (χ0v) is 9.24. The summed E-state index contributed by atoms with van der Waals surface area (Å²) < 4.78 is 5.37. The van der Waals surface area contributed by atoms with Crippen LogP contribution in [0.5, 0.6) is 0 Å². The summed E-state index contributed by atoms with van der Waals surface area (Å²) in [6, 6.07) is 0.435. The Labute approximate surface area is 90.2 Å². The Kier molecular flexibility index (Phi) is 2.98. The van der Waals surface area contributed by atoms with Crippen LogP contribution in [-0.2, 0) is 9.53 Å². The molecule has 1 aliphatic carbocycles. The third-order valence-electron chi connectivity index (χ3n) is 3.53. The first kappa shape index (κ1) is 10.9. The molecule has 4 nitrogen and oxygen atoms in total. The number of aliphatic carboxylic acids is 1. The lowest BCUT2D eigenvalue weighted by molar-refractivity contribution is -0.138. The maximum absolute atomic E-state index is 10.7. The molecule has 15 heavy (non-hydrogen) atoms. The summed E-state index contributed by atoms with van der Waals surface area (Å²) in [4.78, 5) is 13.1. The van der Waals surface area contributed by atoms with Gasteiger partial charge in [-0.05, 0) is 25.2 Å². The monoisotopic (exact) mass is 213 g/mol. The third kappa shape index (κ3) is 2.69. The van der Waals surface area contributed by atoms with Crippen LogP contribution in [0.3, 0.4) is 0 Å². The molecule has 2 fully saturated rings. The summed E-state index contributed by atoms with van der Waals surface area (Å²) in [6.07, 6.45) is 2.48. The maximum Gasteiger partial charge on any atom is 0.303 e. The van der Waals surface area contributed by atoms with E-state index in [1.54, 1.807) is 0 Å². The average molecular weight is 213 g/mol. The van der Waals surface area contributed by atoms with Crippen LogP contribution in [0.4, 0.5) is 0 Å². The number of carboxylic acid groups (broad SMARTS) is 1. The minimum Gasteiger partial charge on any atom is -0.481 e. The molecule has 1 saturated carbocycles. The molecule has 1 atom stereocenters. The van der Waals surface area contributed by atoms with E-state index in [-0.39, 0.29) is 5.41 Å². The predicted molar refractivity (Wildman–Crippen MR) is 55.8 cm³/mol. The minimum absolute atomic E-state index is 0.0808. The number of morpholine rings is 1. The average Bonchev–Trinajstić information content (AvgIpc) is 2.88. The lowest BCUT2D eigenvalue weighted by Crippen LogP contribution is -2.46. The number of hydrogen-bond acceptors (Lipinski definition) is 3. The van der Waals surface area contributed by atoms with E-state index in [1.165, 1.54) is 0 Å². The van der Waals surface area contributed by atoms with Crippen LogP contribution in [0.25, 0.3) is 0 Å². The van der Waals surface area contributed by atoms with Crippen LogP contribution in [0.15, 0.2) is 0 Å². The van der Waals surface area contributed by atoms with Gasteiger partial charge in [-0.1, -0.05) is 0 Å². The van der Waals surface area contributed by atoms with Gasteiger partial charge in [0, 0.05) is 19.1 Å². The molecule has 0 aromatic rings. The highest BCUT2D eigenvalue weighted by atomic mass is 16.5. The first-order chi connectivity index (χ1) is 7.11. The summed E-state index contributed by atoms with van der Waals surface area (Å²) in [5.74, 6) is -0.659. The van der Waals surface area contributed by atoms with Crippen molar-refractivity contribution in [2.75, 3.05) is 26.3 Å². The molecule has 1 aliphatic heterocycles. The fraction of sp³-hybridized carbons (Fsp3) is 0.909. The Bertz CT molecular complexity index is 250. The number of carboxylic acids is 1. The highest BCUT2D eigenvalue weighted by molar-refractivity contribution is 5.68. The molecule has 1 heterocycles. The zero-order valence-electron chi connectivity index (χ0n) is 9.24. The van der Waals surface area contributed by atoms with E-state index >= 15 is 0 Å². The van der Waals surface area contributed by atoms with Gasteiger partial charge in [-0.25, -0.2) is 0 Å². The Balaban J connectivity index is 1.87. The standard InChI is InChI=1S/C11H19NO3/c1-9-7-15-5-4-12(9)8-11(2-3-11)6-10(13)14/h9H,2-8H2,1H3,(H,13,14). The summed E-state index contributed by atoms with van der Waals surface area (Å²) in [6.45, 7) is 5.60. The molecule has 86 valence electrons. The van der Waals surface area contributed by atoms with Gasteiger partial charge >= 0.3 is 5.97 Å². The van der Waals surface area contributed by atoms with Crippen LogP contribution in [0.2, 0.25) is 0 Å². The van der Waals surface area contributed by atoms with Crippen molar-refractivity contribution in [2.45, 2.75) is 32.2 Å². The highest BCUT2D eigenvalue weighted by Crippen LogP contribution is 2.49. The summed E-state index contributed by atoms with van der Waals surface area (Å²) in [7, 11) is 0. The van der Waals surface area contributed by atoms with Gasteiger partial charge in [-0.2, -0.15) is 0 Å². The Morgan fingerprint density at radius 2 is 2.33 bits per heavy atom. The SMILES string of the molecule is CC1COCCN1CC1(CC(=O)O)CC1. The molecule has 0 radical (unpaired) electrons. The molecule has 2 aliphatic rings. The summed E-state index contributed by atoms with van der Waals surface area (Å²) in [5, 5.41) is 8.84. The van der Waals surface area contributed by atoms with Crippen molar-refractivity contribution in [1.29, 1.82) is 0 Å². The lowest BCUT2D eigenvalue weighted by Gasteiger charge is -2.35. The van der Waals surface area contributed by atoms with E-state index in [0.717, 1.165) is 39.1 Å². The molecular formula is C11H19NO3. The van der Waals surface area contributed by atoms with Crippen LogP contribution in [-0.4, -0.2) is 48.3 Å². The van der Waals surface area contributed by atoms with E-state index in [2.05, 4.69) is 11.8 Å². The van der Waals surface area contributed by atoms with E-state index in [4.69, 9.17) is 9.84 Å². The van der Waals surface area contributed by atoms with Gasteiger partial charge in [0.05, 0.1) is 19.6 Å². The molecule has 0 spiro atoms. The molecule has 0 amide bonds. The van der Waals surface area contributed by atoms with Crippen molar-refractivity contribution >= 4 is 5.97 Å². The molecule has 1 unspecified atom stereocenters. The van der Waals surface area contributed by atoms with Crippen molar-refractivity contribution in [3.8, 4) is 0 Å². The minimum atomic E-state index is -0.659. The van der Waals surface area contributed by atoms with Gasteiger partial charge in [-0.15, -0.1) is 0 Å². The van der Waals surface area contributed by atoms with Gasteiger partial charge in [0.25, 0.3) is 0 Å². The topological polar surface area (TPSA) is 49.8 Å². The van der Waals surface area contributed by atoms with Crippen molar-refractivity contribution in [2.24, 2.45) is 5.41 Å². The normalized spacial score (nSPS) is 30.1. The molecule has 4 heteroatoms. The molecule has 0 aromatic heterocycles. The molecule has 1 N–H and O–H groups in total. The zero-order chi connectivity index (χ0) is 10.9. The Morgan fingerprint density at radius 3 is 2.87 bits per heavy atom. The first-order valence-electron chi connectivity index (χ1n) is 5.65. The fourth-order valence-electron chi connectivity index (χ4n) is 2.32. The smallest absolute Gasteiger partial charge is 0.303 e. The van der Waals surface area contributed by atoms with Crippen molar-refractivity contribution in [3.63, 3.8) is 0 Å². The maximum atomic E-state index is 10.7. The number of hydrogen-bond donors (Lipinski definition) is 1. The molecule has 0 aromatic carbocycles. The van der Waals surface area contributed by atoms with Gasteiger partial charge in [0.15, 0.2) is 0 Å². The molecular weight excluding hydrogens is 194 g/mol. The molecule has 2 rings (SSSR count). The van der Waals surface area contributed by atoms with E-state index in [9.17, 15) is 4.79 Å². The predicted octanol–water partition coefficient (Wildman–Crippen LogP) is 0.962. The largest absolute Gasteiger partial charge is 0.481 e. The Hall–Kier alpha value is -0.610. The van der Waals surface area contributed by atoms with Gasteiger partial charge in [-0.3, -0.25) is 9.69 Å². The second kappa shape index (κ2) is 4.10. The van der Waals surface area contributed by atoms with Gasteiger partial charge in [0.2, 0.25) is 0 Å². The van der Waals surface area contributed by atoms with Crippen molar-refractivity contribution in [3.05, 3.63) is 0 Å². The second-order valence-corrected chi connectivity index (χ2v) is 4.96. The Morgan fingerprint density at radius 1 is 1.60 bits per heavy atom. The van der Waals surface area contributed by atoms with Crippen LogP contribution in [0, 0.1) is 5.41 Å². The van der Waals surface area contributed by atoms with Gasteiger partial charge in [0.1, 0.15) is 0 Å². The van der Waals surface area contributed by atoms with E-state index < -0.39 is 5.97 Å². The summed E-state index contributed by atoms with van der Waals surface area (Å²) in [5.41, 5.74) is 0.0808. The second-order valence-electron chi connectivity index (χ2n) is 4.96. The van der Waals surface area contributed by atoms with E-state index in [1.807, 2.05) is 0 Å². The highest BCUT2D eigenvalue weighted by Gasteiger charge is 2.46. The molecule has 0 bridgehead atoms. The van der Waals surface area contributed by atoms with Crippen molar-refractivity contribution < 1.29 is 14.6 Å². The van der Waals surface area contributed by atoms with Crippen LogP contribution < -0.4 is 0 Å². The number of ether oxygens (including phenoxy) is 1. The summed E-state index contributed by atoms with van der Waals surface area (Å²) >= 11 is 0. The fourth-order valence-corrected chi connectivity index (χ4v) is 2.32. The first-order valence-corrected chi connectivity index (χ1v) is 5.65. The van der Waals surface area contributed by atoms with E-state index in [0.29, 0.717) is 12.5 Å². The number of carbonyl (C=O) groups is 1. The number of rotatable bonds is 4. The van der Waals surface area contributed by atoms with Crippen molar-refractivity contribution in [1.82, 2.24) is 4.90 Å². The van der Waals surface area contributed by atoms with Gasteiger partial charge < -0.3 is 9.84 Å². The van der Waals surface area contributed by atoms with Crippen LogP contribution >= 0.6 is 0 Å². The quantitative estimate of drug-likeness (QED) is 0.755. The third-order valence-corrected chi connectivity index (χ3v) is 3.53.